The van der Waals surface area contributed by atoms with Crippen LogP contribution in [0.3, 0.4) is 0 Å². The highest BCUT2D eigenvalue weighted by molar-refractivity contribution is 6.38. The van der Waals surface area contributed by atoms with Crippen molar-refractivity contribution >= 4 is 35.9 Å². The lowest BCUT2D eigenvalue weighted by Crippen LogP contribution is -2.07. The molecule has 0 bridgehead atoms. The van der Waals surface area contributed by atoms with Gasteiger partial charge in [0.05, 0.1) is 5.69 Å². The first-order valence-corrected chi connectivity index (χ1v) is 5.99. The minimum absolute atomic E-state index is 0.312. The predicted molar refractivity (Wildman–Crippen MR) is 75.3 cm³/mol. The highest BCUT2D eigenvalue weighted by Gasteiger charge is 2.10. The molecule has 2 aromatic heterocycles. The van der Waals surface area contributed by atoms with E-state index >= 15 is 0 Å². The average molecular weight is 268 g/mol. The van der Waals surface area contributed by atoms with Gasteiger partial charge in [0.15, 0.2) is 5.65 Å². The molecule has 0 aliphatic carbocycles. The molecular weight excluding hydrogens is 261 g/mol. The number of aromatic nitrogens is 2. The van der Waals surface area contributed by atoms with Crippen LogP contribution in [0.1, 0.15) is 0 Å². The van der Waals surface area contributed by atoms with Gasteiger partial charge in [-0.3, -0.25) is 0 Å². The molecule has 2 heterocycles. The number of hydrogen-bond acceptors (Lipinski definition) is 2. The first kappa shape index (κ1) is 12.1. The SMILES string of the molecule is [B]c1cc(-c2cc(Cl)ccc2F)nc2ncccc12. The lowest BCUT2D eigenvalue weighted by Gasteiger charge is -2.07. The topological polar surface area (TPSA) is 25.8 Å². The Balaban J connectivity index is 2.28. The molecule has 0 saturated heterocycles. The van der Waals surface area contributed by atoms with E-state index in [0.717, 1.165) is 5.39 Å². The van der Waals surface area contributed by atoms with Crippen LogP contribution in [0.5, 0.6) is 0 Å². The standard InChI is InChI=1S/C14H7BClFN2/c15-11-7-13(10-6-8(16)3-4-12(10)17)19-14-9(11)2-1-5-18-14/h1-7H. The van der Waals surface area contributed by atoms with E-state index in [1.165, 1.54) is 18.2 Å². The molecule has 3 rings (SSSR count). The number of hydrogen-bond donors (Lipinski definition) is 0. The van der Waals surface area contributed by atoms with Crippen molar-refractivity contribution in [2.45, 2.75) is 0 Å². The van der Waals surface area contributed by atoms with E-state index in [-0.39, 0.29) is 0 Å². The van der Waals surface area contributed by atoms with E-state index in [9.17, 15) is 4.39 Å². The number of rotatable bonds is 1. The Hall–Kier alpha value is -1.94. The van der Waals surface area contributed by atoms with Crippen molar-refractivity contribution < 1.29 is 4.39 Å². The Morgan fingerprint density at radius 2 is 2.00 bits per heavy atom. The molecule has 5 heteroatoms. The van der Waals surface area contributed by atoms with Gasteiger partial charge >= 0.3 is 0 Å². The van der Waals surface area contributed by atoms with Gasteiger partial charge in [-0.2, -0.15) is 0 Å². The van der Waals surface area contributed by atoms with Gasteiger partial charge < -0.3 is 0 Å². The summed E-state index contributed by atoms with van der Waals surface area (Å²) in [7, 11) is 5.95. The summed E-state index contributed by atoms with van der Waals surface area (Å²) in [6, 6.07) is 9.54. The quantitative estimate of drug-likeness (QED) is 0.634. The van der Waals surface area contributed by atoms with Gasteiger partial charge in [0.25, 0.3) is 0 Å². The van der Waals surface area contributed by atoms with Crippen molar-refractivity contribution in [3.05, 3.63) is 53.4 Å². The molecule has 3 aromatic rings. The van der Waals surface area contributed by atoms with Crippen LogP contribution in [0.2, 0.25) is 5.02 Å². The Bertz CT molecular complexity index is 776. The zero-order chi connectivity index (χ0) is 13.4. The van der Waals surface area contributed by atoms with Crippen molar-refractivity contribution in [2.75, 3.05) is 0 Å². The summed E-state index contributed by atoms with van der Waals surface area (Å²) in [4.78, 5) is 8.45. The lowest BCUT2D eigenvalue weighted by molar-refractivity contribution is 0.631. The van der Waals surface area contributed by atoms with Crippen molar-refractivity contribution in [1.82, 2.24) is 9.97 Å². The highest BCUT2D eigenvalue weighted by Crippen LogP contribution is 2.25. The second-order valence-corrected chi connectivity index (χ2v) is 4.53. The van der Waals surface area contributed by atoms with Crippen LogP contribution in [0, 0.1) is 5.82 Å². The molecule has 19 heavy (non-hydrogen) atoms. The molecule has 0 atom stereocenters. The Morgan fingerprint density at radius 1 is 1.16 bits per heavy atom. The number of benzene rings is 1. The number of fused-ring (bicyclic) bond motifs is 1. The summed E-state index contributed by atoms with van der Waals surface area (Å²) >= 11 is 5.88. The van der Waals surface area contributed by atoms with Crippen LogP contribution < -0.4 is 5.46 Å². The minimum atomic E-state index is -0.397. The van der Waals surface area contributed by atoms with Gasteiger partial charge in [0.1, 0.15) is 13.7 Å². The Labute approximate surface area is 115 Å². The monoisotopic (exact) mass is 268 g/mol. The molecule has 0 spiro atoms. The minimum Gasteiger partial charge on any atom is -0.237 e. The van der Waals surface area contributed by atoms with E-state index in [1.54, 1.807) is 18.3 Å². The third-order valence-corrected chi connectivity index (χ3v) is 3.06. The molecule has 0 aliphatic heterocycles. The summed E-state index contributed by atoms with van der Waals surface area (Å²) in [6.45, 7) is 0. The molecule has 0 saturated carbocycles. The number of halogens is 2. The zero-order valence-corrected chi connectivity index (χ0v) is 10.5. The summed E-state index contributed by atoms with van der Waals surface area (Å²) < 4.78 is 13.8. The van der Waals surface area contributed by atoms with E-state index in [0.29, 0.717) is 27.4 Å². The van der Waals surface area contributed by atoms with E-state index in [2.05, 4.69) is 9.97 Å². The first-order chi connectivity index (χ1) is 9.15. The predicted octanol–water partition coefficient (Wildman–Crippen LogP) is 2.88. The lowest BCUT2D eigenvalue weighted by atomic mass is 9.91. The second kappa shape index (κ2) is 4.63. The van der Waals surface area contributed by atoms with Crippen LogP contribution in [-0.4, -0.2) is 17.8 Å². The van der Waals surface area contributed by atoms with Gasteiger partial charge in [-0.15, -0.1) is 0 Å². The van der Waals surface area contributed by atoms with E-state index in [1.807, 2.05) is 6.07 Å². The van der Waals surface area contributed by atoms with E-state index in [4.69, 9.17) is 19.4 Å². The molecule has 0 amide bonds. The zero-order valence-electron chi connectivity index (χ0n) is 9.77. The highest BCUT2D eigenvalue weighted by atomic mass is 35.5. The normalized spacial score (nSPS) is 10.8. The van der Waals surface area contributed by atoms with Crippen molar-refractivity contribution in [3.63, 3.8) is 0 Å². The van der Waals surface area contributed by atoms with Crippen LogP contribution in [0.25, 0.3) is 22.3 Å². The molecule has 0 N–H and O–H groups in total. The van der Waals surface area contributed by atoms with Crippen LogP contribution in [0.15, 0.2) is 42.6 Å². The van der Waals surface area contributed by atoms with Crippen molar-refractivity contribution in [2.24, 2.45) is 0 Å². The smallest absolute Gasteiger partial charge is 0.159 e. The van der Waals surface area contributed by atoms with Crippen LogP contribution in [0.4, 0.5) is 4.39 Å². The molecular formula is C14H7BClFN2. The summed E-state index contributed by atoms with van der Waals surface area (Å²) in [5, 5.41) is 1.19. The fraction of sp³-hybridized carbons (Fsp3) is 0. The third-order valence-electron chi connectivity index (χ3n) is 2.82. The fourth-order valence-electron chi connectivity index (χ4n) is 1.91. The van der Waals surface area contributed by atoms with Gasteiger partial charge in [-0.05, 0) is 30.3 Å². The Morgan fingerprint density at radius 3 is 2.84 bits per heavy atom. The first-order valence-electron chi connectivity index (χ1n) is 5.62. The Kier molecular flexibility index (Phi) is 2.95. The van der Waals surface area contributed by atoms with Crippen LogP contribution >= 0.6 is 11.6 Å². The maximum Gasteiger partial charge on any atom is 0.159 e. The van der Waals surface area contributed by atoms with Gasteiger partial charge in [0.2, 0.25) is 0 Å². The molecule has 1 aromatic carbocycles. The number of nitrogens with zero attached hydrogens (tertiary/aromatic N) is 2. The van der Waals surface area contributed by atoms with E-state index < -0.39 is 5.82 Å². The summed E-state index contributed by atoms with van der Waals surface area (Å²) in [5.74, 6) is -0.397. The maximum atomic E-state index is 13.8. The largest absolute Gasteiger partial charge is 0.237 e. The third kappa shape index (κ3) is 2.19. The van der Waals surface area contributed by atoms with Crippen LogP contribution in [-0.2, 0) is 0 Å². The van der Waals surface area contributed by atoms with Gasteiger partial charge in [-0.25, -0.2) is 14.4 Å². The molecule has 2 radical (unpaired) electrons. The summed E-state index contributed by atoms with van der Waals surface area (Å²) in [5.41, 5.74) is 1.72. The summed E-state index contributed by atoms with van der Waals surface area (Å²) in [6.07, 6.45) is 1.62. The average Bonchev–Trinajstić information content (AvgIpc) is 2.41. The molecule has 90 valence electrons. The molecule has 0 aliphatic rings. The molecule has 0 fully saturated rings. The molecule has 0 unspecified atom stereocenters. The number of pyridine rings is 2. The van der Waals surface area contributed by atoms with Gasteiger partial charge in [0, 0.05) is 22.2 Å². The maximum absolute atomic E-state index is 13.8. The van der Waals surface area contributed by atoms with Crippen molar-refractivity contribution in [3.8, 4) is 11.3 Å². The van der Waals surface area contributed by atoms with Gasteiger partial charge in [-0.1, -0.05) is 23.1 Å². The fourth-order valence-corrected chi connectivity index (χ4v) is 2.09. The molecule has 2 nitrogen and oxygen atoms in total. The second-order valence-electron chi connectivity index (χ2n) is 4.10. The van der Waals surface area contributed by atoms with Crippen molar-refractivity contribution in [1.29, 1.82) is 0 Å².